The topological polar surface area (TPSA) is 88.1 Å². The summed E-state index contributed by atoms with van der Waals surface area (Å²) in [7, 11) is 0. The SMILES string of the molecule is Cc1cccc(N(C(=O)c2csnn2)[C@H](C(=O)NC(C)(C)C)c2ccccn2)c1C. The molecule has 8 heteroatoms. The first kappa shape index (κ1) is 21.6. The highest BCUT2D eigenvalue weighted by Crippen LogP contribution is 2.32. The van der Waals surface area contributed by atoms with E-state index in [0.717, 1.165) is 22.7 Å². The lowest BCUT2D eigenvalue weighted by Gasteiger charge is -2.33. The zero-order valence-electron chi connectivity index (χ0n) is 17.7. The molecule has 0 aliphatic heterocycles. The molecule has 0 fully saturated rings. The van der Waals surface area contributed by atoms with Crippen LogP contribution in [-0.2, 0) is 4.79 Å². The average molecular weight is 424 g/mol. The van der Waals surface area contributed by atoms with Crippen molar-refractivity contribution >= 4 is 29.0 Å². The molecule has 1 aromatic carbocycles. The third-order valence-electron chi connectivity index (χ3n) is 4.61. The Hall–Kier alpha value is -3.13. The molecular formula is C22H25N5O2S. The summed E-state index contributed by atoms with van der Waals surface area (Å²) >= 11 is 1.09. The Kier molecular flexibility index (Phi) is 6.26. The molecule has 0 bridgehead atoms. The molecule has 0 saturated carbocycles. The van der Waals surface area contributed by atoms with Crippen LogP contribution in [0.25, 0.3) is 0 Å². The van der Waals surface area contributed by atoms with Crippen molar-refractivity contribution in [3.8, 4) is 0 Å². The zero-order valence-corrected chi connectivity index (χ0v) is 18.5. The molecule has 0 saturated heterocycles. The van der Waals surface area contributed by atoms with Crippen LogP contribution >= 0.6 is 11.5 Å². The number of nitrogens with one attached hydrogen (secondary N) is 1. The third kappa shape index (κ3) is 4.71. The monoisotopic (exact) mass is 423 g/mol. The van der Waals surface area contributed by atoms with Crippen LogP contribution in [0.15, 0.2) is 48.0 Å². The Labute approximate surface area is 180 Å². The van der Waals surface area contributed by atoms with E-state index in [-0.39, 0.29) is 11.6 Å². The van der Waals surface area contributed by atoms with Gasteiger partial charge in [0, 0.05) is 22.8 Å². The maximum absolute atomic E-state index is 13.6. The third-order valence-corrected chi connectivity index (χ3v) is 5.11. The minimum atomic E-state index is -0.972. The van der Waals surface area contributed by atoms with Crippen LogP contribution in [-0.4, -0.2) is 31.9 Å². The fourth-order valence-corrected chi connectivity index (χ4v) is 3.53. The number of carbonyl (C=O) groups excluding carboxylic acids is 2. The Morgan fingerprint density at radius 3 is 2.47 bits per heavy atom. The summed E-state index contributed by atoms with van der Waals surface area (Å²) in [6.07, 6.45) is 1.61. The van der Waals surface area contributed by atoms with Crippen molar-refractivity contribution in [1.29, 1.82) is 0 Å². The van der Waals surface area contributed by atoms with E-state index < -0.39 is 17.5 Å². The average Bonchev–Trinajstić information content (AvgIpc) is 3.22. The van der Waals surface area contributed by atoms with E-state index in [2.05, 4.69) is 19.9 Å². The summed E-state index contributed by atoms with van der Waals surface area (Å²) in [6, 6.07) is 10.0. The number of aromatic nitrogens is 3. The lowest BCUT2D eigenvalue weighted by molar-refractivity contribution is -0.124. The van der Waals surface area contributed by atoms with E-state index in [1.54, 1.807) is 29.8 Å². The van der Waals surface area contributed by atoms with Crippen LogP contribution in [0.2, 0.25) is 0 Å². The molecule has 2 heterocycles. The van der Waals surface area contributed by atoms with E-state index in [0.29, 0.717) is 11.4 Å². The van der Waals surface area contributed by atoms with Crippen molar-refractivity contribution in [3.05, 3.63) is 70.5 Å². The van der Waals surface area contributed by atoms with Crippen molar-refractivity contribution < 1.29 is 9.59 Å². The molecule has 0 aliphatic carbocycles. The number of anilines is 1. The van der Waals surface area contributed by atoms with E-state index in [9.17, 15) is 9.59 Å². The number of amides is 2. The Morgan fingerprint density at radius 1 is 1.10 bits per heavy atom. The van der Waals surface area contributed by atoms with E-state index >= 15 is 0 Å². The summed E-state index contributed by atoms with van der Waals surface area (Å²) in [5.74, 6) is -0.726. The van der Waals surface area contributed by atoms with E-state index in [1.165, 1.54) is 4.90 Å². The van der Waals surface area contributed by atoms with Crippen molar-refractivity contribution in [2.24, 2.45) is 0 Å². The standard InChI is InChI=1S/C22H25N5O2S/c1-14-9-8-11-18(15(14)2)27(21(29)17-13-30-26-25-17)19(16-10-6-7-12-23-16)20(28)24-22(3,4)5/h6-13,19H,1-5H3,(H,24,28)/t19-/m0/s1. The first-order valence-corrected chi connectivity index (χ1v) is 10.4. The van der Waals surface area contributed by atoms with Crippen molar-refractivity contribution in [3.63, 3.8) is 0 Å². The molecule has 0 unspecified atom stereocenters. The minimum Gasteiger partial charge on any atom is -0.349 e. The first-order chi connectivity index (χ1) is 14.2. The zero-order chi connectivity index (χ0) is 21.9. The van der Waals surface area contributed by atoms with Gasteiger partial charge in [0.2, 0.25) is 5.91 Å². The molecule has 0 radical (unpaired) electrons. The summed E-state index contributed by atoms with van der Waals surface area (Å²) in [4.78, 5) is 32.9. The Morgan fingerprint density at radius 2 is 1.87 bits per heavy atom. The van der Waals surface area contributed by atoms with Gasteiger partial charge in [0.1, 0.15) is 0 Å². The molecule has 3 aromatic rings. The van der Waals surface area contributed by atoms with Gasteiger partial charge < -0.3 is 5.32 Å². The van der Waals surface area contributed by atoms with Gasteiger partial charge in [-0.3, -0.25) is 19.5 Å². The van der Waals surface area contributed by atoms with Crippen LogP contribution in [0, 0.1) is 13.8 Å². The molecule has 0 aliphatic rings. The molecule has 156 valence electrons. The van der Waals surface area contributed by atoms with Gasteiger partial charge in [-0.25, -0.2) is 0 Å². The van der Waals surface area contributed by atoms with Gasteiger partial charge in [-0.05, 0) is 75.5 Å². The van der Waals surface area contributed by atoms with Gasteiger partial charge in [-0.15, -0.1) is 5.10 Å². The number of aryl methyl sites for hydroxylation is 1. The quantitative estimate of drug-likeness (QED) is 0.673. The molecule has 3 rings (SSSR count). The highest BCUT2D eigenvalue weighted by atomic mass is 32.1. The van der Waals surface area contributed by atoms with Gasteiger partial charge in [0.15, 0.2) is 11.7 Å². The molecular weight excluding hydrogens is 398 g/mol. The smallest absolute Gasteiger partial charge is 0.280 e. The summed E-state index contributed by atoms with van der Waals surface area (Å²) in [5.41, 5.74) is 2.72. The van der Waals surface area contributed by atoms with E-state index in [4.69, 9.17) is 0 Å². The summed E-state index contributed by atoms with van der Waals surface area (Å²) in [5, 5.41) is 8.53. The normalized spacial score (nSPS) is 12.3. The van der Waals surface area contributed by atoms with Gasteiger partial charge >= 0.3 is 0 Å². The van der Waals surface area contributed by atoms with Crippen molar-refractivity contribution in [2.75, 3.05) is 4.90 Å². The Balaban J connectivity index is 2.22. The van der Waals surface area contributed by atoms with Crippen molar-refractivity contribution in [1.82, 2.24) is 19.9 Å². The molecule has 1 atom stereocenters. The largest absolute Gasteiger partial charge is 0.349 e. The van der Waals surface area contributed by atoms with Crippen LogP contribution < -0.4 is 10.2 Å². The lowest BCUT2D eigenvalue weighted by Crippen LogP contribution is -2.50. The fourth-order valence-electron chi connectivity index (χ4n) is 3.10. The second-order valence-electron chi connectivity index (χ2n) is 8.08. The van der Waals surface area contributed by atoms with Crippen LogP contribution in [0.4, 0.5) is 5.69 Å². The number of benzene rings is 1. The number of carbonyl (C=O) groups is 2. The molecule has 0 spiro atoms. The molecule has 30 heavy (non-hydrogen) atoms. The predicted molar refractivity (Wildman–Crippen MR) is 118 cm³/mol. The highest BCUT2D eigenvalue weighted by Gasteiger charge is 2.37. The van der Waals surface area contributed by atoms with Gasteiger partial charge in [-0.2, -0.15) is 0 Å². The van der Waals surface area contributed by atoms with Crippen LogP contribution in [0.3, 0.4) is 0 Å². The number of pyridine rings is 1. The highest BCUT2D eigenvalue weighted by molar-refractivity contribution is 7.03. The molecule has 1 N–H and O–H groups in total. The molecule has 7 nitrogen and oxygen atoms in total. The van der Waals surface area contributed by atoms with Crippen molar-refractivity contribution in [2.45, 2.75) is 46.2 Å². The lowest BCUT2D eigenvalue weighted by atomic mass is 10.0. The second kappa shape index (κ2) is 8.71. The van der Waals surface area contributed by atoms with Gasteiger partial charge in [-0.1, -0.05) is 22.7 Å². The van der Waals surface area contributed by atoms with Gasteiger partial charge in [0.05, 0.1) is 5.69 Å². The summed E-state index contributed by atoms with van der Waals surface area (Å²) in [6.45, 7) is 9.59. The number of hydrogen-bond acceptors (Lipinski definition) is 6. The molecule has 2 amide bonds. The Bertz CT molecular complexity index is 1030. The molecule has 2 aromatic heterocycles. The summed E-state index contributed by atoms with van der Waals surface area (Å²) < 4.78 is 3.82. The number of hydrogen-bond donors (Lipinski definition) is 1. The van der Waals surface area contributed by atoms with Gasteiger partial charge in [0.25, 0.3) is 5.91 Å². The predicted octanol–water partition coefficient (Wildman–Crippen LogP) is 3.85. The first-order valence-electron chi connectivity index (χ1n) is 9.59. The number of nitrogens with zero attached hydrogens (tertiary/aromatic N) is 4. The van der Waals surface area contributed by atoms with Crippen LogP contribution in [0.5, 0.6) is 0 Å². The van der Waals surface area contributed by atoms with E-state index in [1.807, 2.05) is 52.8 Å². The maximum atomic E-state index is 13.6. The fraction of sp³-hybridized carbons (Fsp3) is 0.318. The van der Waals surface area contributed by atoms with Crippen LogP contribution in [0.1, 0.15) is 54.1 Å². The maximum Gasteiger partial charge on any atom is 0.280 e. The number of rotatable bonds is 5. The minimum absolute atomic E-state index is 0.186. The second-order valence-corrected chi connectivity index (χ2v) is 8.69.